The van der Waals surface area contributed by atoms with E-state index in [2.05, 4.69) is 0 Å². The fourth-order valence-electron chi connectivity index (χ4n) is 2.27. The van der Waals surface area contributed by atoms with Gasteiger partial charge in [0.05, 0.1) is 4.90 Å². The normalized spacial score (nSPS) is 20.8. The van der Waals surface area contributed by atoms with E-state index in [1.165, 1.54) is 4.31 Å². The summed E-state index contributed by atoms with van der Waals surface area (Å²) >= 11 is 5.78. The third-order valence-electron chi connectivity index (χ3n) is 3.27. The van der Waals surface area contributed by atoms with E-state index in [1.54, 1.807) is 24.3 Å². The van der Waals surface area contributed by atoms with Gasteiger partial charge in [-0.05, 0) is 37.1 Å². The third-order valence-corrected chi connectivity index (χ3v) is 5.48. The standard InChI is InChI=1S/C12H17ClN2O2S.ClH/c13-10-4-6-12(7-5-10)18(16,17)15-8-2-1-3-11(15)9-14;/h4-7,11H,1-3,8-9,14H2;1H. The van der Waals surface area contributed by atoms with Gasteiger partial charge in [0.1, 0.15) is 0 Å². The van der Waals surface area contributed by atoms with Gasteiger partial charge in [-0.25, -0.2) is 8.42 Å². The molecule has 108 valence electrons. The lowest BCUT2D eigenvalue weighted by Gasteiger charge is -2.33. The van der Waals surface area contributed by atoms with Crippen molar-refractivity contribution in [1.82, 2.24) is 4.31 Å². The van der Waals surface area contributed by atoms with Crippen LogP contribution in [0.25, 0.3) is 0 Å². The molecule has 1 aliphatic heterocycles. The molecule has 1 aromatic rings. The first-order chi connectivity index (χ1) is 8.55. The molecule has 1 atom stereocenters. The van der Waals surface area contributed by atoms with Crippen molar-refractivity contribution in [3.8, 4) is 0 Å². The quantitative estimate of drug-likeness (QED) is 0.927. The maximum absolute atomic E-state index is 12.5. The van der Waals surface area contributed by atoms with Crippen molar-refractivity contribution in [1.29, 1.82) is 0 Å². The molecule has 0 aromatic heterocycles. The number of hydrogen-bond donors (Lipinski definition) is 1. The molecule has 1 unspecified atom stereocenters. The minimum Gasteiger partial charge on any atom is -0.329 e. The highest BCUT2D eigenvalue weighted by Gasteiger charge is 2.32. The molecule has 2 rings (SSSR count). The van der Waals surface area contributed by atoms with E-state index in [0.29, 0.717) is 18.1 Å². The molecule has 0 spiro atoms. The van der Waals surface area contributed by atoms with Crippen LogP contribution in [-0.4, -0.2) is 31.9 Å². The molecule has 0 radical (unpaired) electrons. The summed E-state index contributed by atoms with van der Waals surface area (Å²) in [4.78, 5) is 0.284. The minimum atomic E-state index is -3.45. The molecule has 7 heteroatoms. The van der Waals surface area contributed by atoms with Gasteiger partial charge >= 0.3 is 0 Å². The Bertz CT molecular complexity index is 505. The van der Waals surface area contributed by atoms with Gasteiger partial charge in [-0.3, -0.25) is 0 Å². The van der Waals surface area contributed by atoms with E-state index in [1.807, 2.05) is 0 Å². The summed E-state index contributed by atoms with van der Waals surface area (Å²) in [5.41, 5.74) is 5.67. The lowest BCUT2D eigenvalue weighted by molar-refractivity contribution is 0.257. The van der Waals surface area contributed by atoms with E-state index < -0.39 is 10.0 Å². The molecule has 1 fully saturated rings. The minimum absolute atomic E-state index is 0. The van der Waals surface area contributed by atoms with E-state index in [9.17, 15) is 8.42 Å². The molecular weight excluding hydrogens is 307 g/mol. The highest BCUT2D eigenvalue weighted by atomic mass is 35.5. The van der Waals surface area contributed by atoms with Crippen LogP contribution in [0.15, 0.2) is 29.2 Å². The number of sulfonamides is 1. The molecule has 1 heterocycles. The van der Waals surface area contributed by atoms with Crippen LogP contribution < -0.4 is 5.73 Å². The Morgan fingerprint density at radius 3 is 2.47 bits per heavy atom. The molecule has 4 nitrogen and oxygen atoms in total. The van der Waals surface area contributed by atoms with Gasteiger partial charge in [-0.1, -0.05) is 18.0 Å². The molecule has 1 aromatic carbocycles. The van der Waals surface area contributed by atoms with Crippen LogP contribution >= 0.6 is 24.0 Å². The topological polar surface area (TPSA) is 63.4 Å². The largest absolute Gasteiger partial charge is 0.329 e. The van der Waals surface area contributed by atoms with E-state index >= 15 is 0 Å². The first-order valence-corrected chi connectivity index (χ1v) is 7.85. The maximum Gasteiger partial charge on any atom is 0.243 e. The van der Waals surface area contributed by atoms with Crippen LogP contribution in [-0.2, 0) is 10.0 Å². The van der Waals surface area contributed by atoms with E-state index in [-0.39, 0.29) is 23.3 Å². The van der Waals surface area contributed by atoms with Crippen LogP contribution in [0, 0.1) is 0 Å². The molecule has 0 bridgehead atoms. The predicted octanol–water partition coefficient (Wildman–Crippen LogP) is 2.26. The number of nitrogens with two attached hydrogens (primary N) is 1. The number of piperidine rings is 1. The molecule has 1 saturated heterocycles. The molecule has 0 saturated carbocycles. The van der Waals surface area contributed by atoms with Gasteiger partial charge in [-0.2, -0.15) is 4.31 Å². The highest BCUT2D eigenvalue weighted by molar-refractivity contribution is 7.89. The summed E-state index contributed by atoms with van der Waals surface area (Å²) in [5.74, 6) is 0. The Morgan fingerprint density at radius 2 is 1.89 bits per heavy atom. The SMILES string of the molecule is Cl.NCC1CCCCN1S(=O)(=O)c1ccc(Cl)cc1. The zero-order valence-corrected chi connectivity index (χ0v) is 12.8. The number of halogens is 2. The number of rotatable bonds is 3. The van der Waals surface area contributed by atoms with Gasteiger partial charge in [-0.15, -0.1) is 12.4 Å². The van der Waals surface area contributed by atoms with Crippen molar-refractivity contribution in [3.63, 3.8) is 0 Å². The van der Waals surface area contributed by atoms with Gasteiger partial charge in [0.25, 0.3) is 0 Å². The van der Waals surface area contributed by atoms with Gasteiger partial charge in [0.15, 0.2) is 0 Å². The van der Waals surface area contributed by atoms with Crippen LogP contribution in [0.2, 0.25) is 5.02 Å². The molecule has 0 amide bonds. The van der Waals surface area contributed by atoms with Gasteiger partial charge < -0.3 is 5.73 Å². The predicted molar refractivity (Wildman–Crippen MR) is 79.3 cm³/mol. The Kier molecular flexibility index (Phi) is 6.08. The van der Waals surface area contributed by atoms with Crippen LogP contribution in [0.1, 0.15) is 19.3 Å². The molecule has 0 aliphatic carbocycles. The van der Waals surface area contributed by atoms with Gasteiger partial charge in [0.2, 0.25) is 10.0 Å². The molecule has 1 aliphatic rings. The van der Waals surface area contributed by atoms with Crippen molar-refractivity contribution < 1.29 is 8.42 Å². The second kappa shape index (κ2) is 6.90. The summed E-state index contributed by atoms with van der Waals surface area (Å²) < 4.78 is 26.5. The first kappa shape index (κ1) is 16.7. The van der Waals surface area contributed by atoms with Crippen molar-refractivity contribution in [2.75, 3.05) is 13.1 Å². The highest BCUT2D eigenvalue weighted by Crippen LogP contribution is 2.25. The lowest BCUT2D eigenvalue weighted by atomic mass is 10.1. The number of nitrogens with zero attached hydrogens (tertiary/aromatic N) is 1. The van der Waals surface area contributed by atoms with Crippen LogP contribution in [0.3, 0.4) is 0 Å². The molecule has 19 heavy (non-hydrogen) atoms. The third kappa shape index (κ3) is 3.61. The second-order valence-electron chi connectivity index (χ2n) is 4.45. The van der Waals surface area contributed by atoms with Gasteiger partial charge in [0, 0.05) is 24.2 Å². The number of benzene rings is 1. The Balaban J connectivity index is 0.00000180. The van der Waals surface area contributed by atoms with E-state index in [0.717, 1.165) is 19.3 Å². The maximum atomic E-state index is 12.5. The van der Waals surface area contributed by atoms with Crippen molar-refractivity contribution >= 4 is 34.0 Å². The molecular formula is C12H18Cl2N2O2S. The Hall–Kier alpha value is -0.330. The fourth-order valence-corrected chi connectivity index (χ4v) is 4.10. The summed E-state index contributed by atoms with van der Waals surface area (Å²) in [5, 5.41) is 0.531. The lowest BCUT2D eigenvalue weighted by Crippen LogP contribution is -2.47. The second-order valence-corrected chi connectivity index (χ2v) is 6.78. The average molecular weight is 325 g/mol. The summed E-state index contributed by atoms with van der Waals surface area (Å²) in [6.07, 6.45) is 2.77. The average Bonchev–Trinajstić information content (AvgIpc) is 2.39. The van der Waals surface area contributed by atoms with Crippen LogP contribution in [0.5, 0.6) is 0 Å². The van der Waals surface area contributed by atoms with Crippen molar-refractivity contribution in [2.45, 2.75) is 30.2 Å². The monoisotopic (exact) mass is 324 g/mol. The van der Waals surface area contributed by atoms with Crippen molar-refractivity contribution in [2.24, 2.45) is 5.73 Å². The smallest absolute Gasteiger partial charge is 0.243 e. The Morgan fingerprint density at radius 1 is 1.26 bits per heavy atom. The summed E-state index contributed by atoms with van der Waals surface area (Å²) in [7, 11) is -3.45. The van der Waals surface area contributed by atoms with Crippen LogP contribution in [0.4, 0.5) is 0 Å². The zero-order valence-electron chi connectivity index (χ0n) is 10.5. The zero-order chi connectivity index (χ0) is 13.2. The fraction of sp³-hybridized carbons (Fsp3) is 0.500. The molecule has 2 N–H and O–H groups in total. The summed E-state index contributed by atoms with van der Waals surface area (Å²) in [6.45, 7) is 0.916. The summed E-state index contributed by atoms with van der Waals surface area (Å²) in [6, 6.07) is 6.19. The van der Waals surface area contributed by atoms with Crippen molar-refractivity contribution in [3.05, 3.63) is 29.3 Å². The first-order valence-electron chi connectivity index (χ1n) is 6.03. The Labute approximate surface area is 125 Å². The number of hydrogen-bond acceptors (Lipinski definition) is 3. The van der Waals surface area contributed by atoms with E-state index in [4.69, 9.17) is 17.3 Å².